The molecule has 1 aromatic rings. The smallest absolute Gasteiger partial charge is 0.393 e. The highest BCUT2D eigenvalue weighted by atomic mass is 16.6. The lowest BCUT2D eigenvalue weighted by molar-refractivity contribution is -0.385. The van der Waals surface area contributed by atoms with E-state index in [4.69, 9.17) is 9.31 Å². The number of aliphatic hydroxyl groups excluding tert-OH is 1. The standard InChI is InChI=1S/C11H19B2N3O5/c1-20-12-14-9-4-3-8(11(6-9)16(18)19)5-10(7-17)15-13-21-2/h3-4,6,10,12-15,17H,5,7H2,1-2H3. The quantitative estimate of drug-likeness (QED) is 0.298. The van der Waals surface area contributed by atoms with Gasteiger partial charge in [-0.15, -0.1) is 0 Å². The summed E-state index contributed by atoms with van der Waals surface area (Å²) >= 11 is 0. The highest BCUT2D eigenvalue weighted by Gasteiger charge is 2.18. The third kappa shape index (κ3) is 5.72. The van der Waals surface area contributed by atoms with Crippen molar-refractivity contribution in [2.75, 3.05) is 26.1 Å². The van der Waals surface area contributed by atoms with Gasteiger partial charge in [-0.2, -0.15) is 0 Å². The van der Waals surface area contributed by atoms with Gasteiger partial charge in [-0.25, -0.2) is 0 Å². The maximum atomic E-state index is 11.2. The molecule has 1 atom stereocenters. The zero-order chi connectivity index (χ0) is 15.7. The molecule has 0 amide bonds. The van der Waals surface area contributed by atoms with Gasteiger partial charge in [0.1, 0.15) is 0 Å². The largest absolute Gasteiger partial charge is 0.427 e. The van der Waals surface area contributed by atoms with E-state index in [0.717, 1.165) is 0 Å². The Morgan fingerprint density at radius 1 is 1.38 bits per heavy atom. The van der Waals surface area contributed by atoms with Gasteiger partial charge in [-0.1, -0.05) is 6.07 Å². The molecule has 0 bridgehead atoms. The second kappa shape index (κ2) is 9.35. The van der Waals surface area contributed by atoms with E-state index in [0.29, 0.717) is 17.7 Å². The lowest BCUT2D eigenvalue weighted by Crippen LogP contribution is -2.38. The Balaban J connectivity index is 2.87. The molecule has 0 aromatic heterocycles. The van der Waals surface area contributed by atoms with E-state index in [1.54, 1.807) is 12.1 Å². The van der Waals surface area contributed by atoms with Crippen molar-refractivity contribution in [3.63, 3.8) is 0 Å². The molecule has 0 spiro atoms. The molecule has 0 fully saturated rings. The van der Waals surface area contributed by atoms with Crippen molar-refractivity contribution in [3.05, 3.63) is 33.9 Å². The van der Waals surface area contributed by atoms with Crippen LogP contribution in [0.25, 0.3) is 0 Å². The molecule has 3 N–H and O–H groups in total. The molecule has 0 aliphatic carbocycles. The van der Waals surface area contributed by atoms with Gasteiger partial charge in [0.15, 0.2) is 0 Å². The second-order valence-corrected chi connectivity index (χ2v) is 4.43. The van der Waals surface area contributed by atoms with E-state index in [-0.39, 0.29) is 33.6 Å². The van der Waals surface area contributed by atoms with Gasteiger partial charge >= 0.3 is 15.2 Å². The molecule has 1 unspecified atom stereocenters. The van der Waals surface area contributed by atoms with Gasteiger partial charge in [0.2, 0.25) is 0 Å². The second-order valence-electron chi connectivity index (χ2n) is 4.43. The number of anilines is 1. The van der Waals surface area contributed by atoms with Crippen molar-refractivity contribution in [2.24, 2.45) is 0 Å². The summed E-state index contributed by atoms with van der Waals surface area (Å²) < 4.78 is 9.74. The first-order valence-electron chi connectivity index (χ1n) is 6.45. The Morgan fingerprint density at radius 2 is 2.10 bits per heavy atom. The summed E-state index contributed by atoms with van der Waals surface area (Å²) in [5.41, 5.74) is 1.16. The lowest BCUT2D eigenvalue weighted by Gasteiger charge is -2.15. The molecule has 1 rings (SSSR count). The zero-order valence-corrected chi connectivity index (χ0v) is 12.2. The highest BCUT2D eigenvalue weighted by molar-refractivity contribution is 6.32. The highest BCUT2D eigenvalue weighted by Crippen LogP contribution is 2.24. The normalized spacial score (nSPS) is 11.8. The zero-order valence-electron chi connectivity index (χ0n) is 12.2. The number of nitro groups is 1. The first-order chi connectivity index (χ1) is 10.1. The Morgan fingerprint density at radius 3 is 2.67 bits per heavy atom. The lowest BCUT2D eigenvalue weighted by atomic mass is 10.0. The minimum absolute atomic E-state index is 0.00812. The summed E-state index contributed by atoms with van der Waals surface area (Å²) in [5, 5.41) is 26.3. The topological polar surface area (TPSA) is 106 Å². The molecular formula is C11H19B2N3O5. The average Bonchev–Trinajstić information content (AvgIpc) is 2.49. The van der Waals surface area contributed by atoms with Crippen LogP contribution >= 0.6 is 0 Å². The van der Waals surface area contributed by atoms with Gasteiger partial charge in [0, 0.05) is 37.6 Å². The number of rotatable bonds is 10. The minimum Gasteiger partial charge on any atom is -0.427 e. The molecule has 21 heavy (non-hydrogen) atoms. The minimum atomic E-state index is -0.432. The molecular weight excluding hydrogens is 276 g/mol. The van der Waals surface area contributed by atoms with E-state index in [1.165, 1.54) is 20.3 Å². The average molecular weight is 295 g/mol. The molecule has 0 heterocycles. The van der Waals surface area contributed by atoms with Crippen molar-refractivity contribution in [1.29, 1.82) is 0 Å². The van der Waals surface area contributed by atoms with Gasteiger partial charge in [0.05, 0.1) is 11.5 Å². The third-order valence-corrected chi connectivity index (χ3v) is 2.91. The molecule has 0 aliphatic heterocycles. The number of nitro benzene ring substituents is 1. The van der Waals surface area contributed by atoms with Crippen LogP contribution in [0.1, 0.15) is 5.56 Å². The number of nitrogens with zero attached hydrogens (tertiary/aromatic N) is 1. The summed E-state index contributed by atoms with van der Waals surface area (Å²) in [4.78, 5) is 10.7. The molecule has 1 aromatic carbocycles. The Labute approximate surface area is 124 Å². The van der Waals surface area contributed by atoms with Gasteiger partial charge in [-0.3, -0.25) is 10.1 Å². The van der Waals surface area contributed by atoms with E-state index in [9.17, 15) is 15.2 Å². The van der Waals surface area contributed by atoms with Crippen LogP contribution in [0.2, 0.25) is 0 Å². The molecule has 114 valence electrons. The molecule has 0 radical (unpaired) electrons. The Bertz CT molecular complexity index is 463. The van der Waals surface area contributed by atoms with Gasteiger partial charge in [0.25, 0.3) is 5.69 Å². The van der Waals surface area contributed by atoms with Crippen LogP contribution in [0.5, 0.6) is 0 Å². The number of benzene rings is 1. The van der Waals surface area contributed by atoms with Crippen molar-refractivity contribution in [1.82, 2.24) is 5.23 Å². The van der Waals surface area contributed by atoms with Crippen molar-refractivity contribution in [3.8, 4) is 0 Å². The summed E-state index contributed by atoms with van der Waals surface area (Å²) in [6.45, 7) is -0.135. The van der Waals surface area contributed by atoms with E-state index in [1.807, 2.05) is 0 Å². The van der Waals surface area contributed by atoms with Crippen LogP contribution in [0.3, 0.4) is 0 Å². The van der Waals surface area contributed by atoms with Gasteiger partial charge < -0.3 is 24.9 Å². The van der Waals surface area contributed by atoms with Crippen LogP contribution in [0, 0.1) is 10.1 Å². The number of aliphatic hydroxyl groups is 1. The maximum Gasteiger partial charge on any atom is 0.393 e. The molecule has 0 saturated heterocycles. The maximum absolute atomic E-state index is 11.2. The number of nitrogens with one attached hydrogen (secondary N) is 2. The molecule has 0 aliphatic rings. The fourth-order valence-corrected chi connectivity index (χ4v) is 1.84. The van der Waals surface area contributed by atoms with E-state index < -0.39 is 4.92 Å². The van der Waals surface area contributed by atoms with Crippen molar-refractivity contribution < 1.29 is 19.3 Å². The third-order valence-electron chi connectivity index (χ3n) is 2.91. The summed E-state index contributed by atoms with van der Waals surface area (Å²) in [7, 11) is 3.60. The Hall–Kier alpha value is -1.61. The first kappa shape index (κ1) is 17.4. The van der Waals surface area contributed by atoms with Crippen LogP contribution in [-0.2, 0) is 15.7 Å². The summed E-state index contributed by atoms with van der Waals surface area (Å²) in [6, 6.07) is 4.57. The SMILES string of the molecule is COBNc1ccc(CC(CO)NBOC)c([N+](=O)[O-])c1. The Kier molecular flexibility index (Phi) is 7.76. The van der Waals surface area contributed by atoms with Crippen molar-refractivity contribution >= 4 is 26.6 Å². The van der Waals surface area contributed by atoms with Crippen molar-refractivity contribution in [2.45, 2.75) is 12.5 Å². The summed E-state index contributed by atoms with van der Waals surface area (Å²) in [5.74, 6) is 0. The monoisotopic (exact) mass is 295 g/mol. The van der Waals surface area contributed by atoms with Crippen LogP contribution in [-0.4, -0.2) is 52.1 Å². The van der Waals surface area contributed by atoms with Crippen LogP contribution < -0.4 is 10.5 Å². The first-order valence-corrected chi connectivity index (χ1v) is 6.45. The predicted molar refractivity (Wildman–Crippen MR) is 82.7 cm³/mol. The number of hydrogen-bond donors (Lipinski definition) is 3. The van der Waals surface area contributed by atoms with E-state index in [2.05, 4.69) is 10.5 Å². The fourth-order valence-electron chi connectivity index (χ4n) is 1.84. The van der Waals surface area contributed by atoms with E-state index >= 15 is 0 Å². The van der Waals surface area contributed by atoms with Crippen LogP contribution in [0.15, 0.2) is 18.2 Å². The fraction of sp³-hybridized carbons (Fsp3) is 0.455. The number of hydrogen-bond acceptors (Lipinski definition) is 7. The van der Waals surface area contributed by atoms with Crippen LogP contribution in [0.4, 0.5) is 11.4 Å². The summed E-state index contributed by atoms with van der Waals surface area (Å²) in [6.07, 6.45) is 0.334. The van der Waals surface area contributed by atoms with Gasteiger partial charge in [-0.05, 0) is 12.5 Å². The molecule has 0 saturated carbocycles. The molecule has 8 nitrogen and oxygen atoms in total. The molecule has 10 heteroatoms. The predicted octanol–water partition coefficient (Wildman–Crippen LogP) is -0.674.